The van der Waals surface area contributed by atoms with Crippen molar-refractivity contribution < 1.29 is 0 Å². The Labute approximate surface area is 145 Å². The molecule has 0 radical (unpaired) electrons. The molecule has 25 heavy (non-hydrogen) atoms. The van der Waals surface area contributed by atoms with E-state index in [1.165, 1.54) is 6.33 Å². The molecule has 0 spiro atoms. The largest absolute Gasteiger partial charge is 0.382 e. The van der Waals surface area contributed by atoms with Crippen LogP contribution in [0.1, 0.15) is 29.9 Å². The molecule has 1 atom stereocenters. The minimum Gasteiger partial charge on any atom is -0.382 e. The second-order valence-electron chi connectivity index (χ2n) is 5.94. The first kappa shape index (κ1) is 16.4. The predicted molar refractivity (Wildman–Crippen MR) is 95.2 cm³/mol. The fraction of sp³-hybridized carbons (Fsp3) is 0.312. The number of hydrogen-bond donors (Lipinski definition) is 2. The van der Waals surface area contributed by atoms with Crippen molar-refractivity contribution >= 4 is 23.0 Å². The first-order valence-corrected chi connectivity index (χ1v) is 7.72. The molecule has 0 fully saturated rings. The van der Waals surface area contributed by atoms with Crippen molar-refractivity contribution in [3.63, 3.8) is 0 Å². The average Bonchev–Trinajstić information content (AvgIpc) is 2.95. The number of nitrogens with one attached hydrogen (secondary N) is 1. The Morgan fingerprint density at radius 2 is 2.12 bits per heavy atom. The summed E-state index contributed by atoms with van der Waals surface area (Å²) in [7, 11) is 3.88. The van der Waals surface area contributed by atoms with Gasteiger partial charge < -0.3 is 16.0 Å². The summed E-state index contributed by atoms with van der Waals surface area (Å²) < 4.78 is 1.81. The van der Waals surface area contributed by atoms with Crippen LogP contribution in [0.25, 0.3) is 5.52 Å². The molecule has 0 amide bonds. The maximum atomic E-state index is 9.25. The average molecular weight is 337 g/mol. The molecule has 0 aliphatic heterocycles. The summed E-state index contributed by atoms with van der Waals surface area (Å²) in [5.74, 6) is 1.90. The van der Waals surface area contributed by atoms with E-state index in [0.29, 0.717) is 11.6 Å². The summed E-state index contributed by atoms with van der Waals surface area (Å²) in [4.78, 5) is 14.6. The highest BCUT2D eigenvalue weighted by molar-refractivity contribution is 5.72. The maximum Gasteiger partial charge on any atom is 0.173 e. The molecule has 0 aliphatic carbocycles. The topological polar surface area (TPSA) is 121 Å². The second-order valence-corrected chi connectivity index (χ2v) is 5.94. The Bertz CT molecular complexity index is 968. The second kappa shape index (κ2) is 6.24. The van der Waals surface area contributed by atoms with E-state index >= 15 is 0 Å². The number of aryl methyl sites for hydroxylation is 1. The van der Waals surface area contributed by atoms with Gasteiger partial charge in [-0.3, -0.25) is 0 Å². The van der Waals surface area contributed by atoms with Crippen LogP contribution in [0.3, 0.4) is 0 Å². The lowest BCUT2D eigenvalue weighted by Gasteiger charge is -2.19. The van der Waals surface area contributed by atoms with E-state index in [4.69, 9.17) is 5.73 Å². The number of hydrogen-bond acceptors (Lipinski definition) is 8. The summed E-state index contributed by atoms with van der Waals surface area (Å²) in [6, 6.07) is 3.73. The molecule has 0 saturated carbocycles. The summed E-state index contributed by atoms with van der Waals surface area (Å²) >= 11 is 0. The zero-order chi connectivity index (χ0) is 18.1. The lowest BCUT2D eigenvalue weighted by atomic mass is 10.2. The number of fused-ring (bicyclic) bond motifs is 1. The van der Waals surface area contributed by atoms with Crippen LogP contribution in [0, 0.1) is 18.3 Å². The third kappa shape index (κ3) is 2.89. The summed E-state index contributed by atoms with van der Waals surface area (Å²) in [5, 5.41) is 17.0. The van der Waals surface area contributed by atoms with E-state index in [1.807, 2.05) is 55.7 Å². The zero-order valence-electron chi connectivity index (χ0n) is 14.5. The molecule has 3 aromatic heterocycles. The molecular formula is C16H19N9. The van der Waals surface area contributed by atoms with Crippen LogP contribution in [0.4, 0.5) is 17.5 Å². The molecule has 0 saturated heterocycles. The summed E-state index contributed by atoms with van der Waals surface area (Å²) in [6.45, 7) is 3.92. The highest BCUT2D eigenvalue weighted by Crippen LogP contribution is 2.25. The van der Waals surface area contributed by atoms with Gasteiger partial charge in [-0.25, -0.2) is 19.5 Å². The molecule has 0 bridgehead atoms. The van der Waals surface area contributed by atoms with Gasteiger partial charge in [0.2, 0.25) is 0 Å². The smallest absolute Gasteiger partial charge is 0.173 e. The van der Waals surface area contributed by atoms with Gasteiger partial charge >= 0.3 is 0 Å². The van der Waals surface area contributed by atoms with E-state index in [9.17, 15) is 5.26 Å². The lowest BCUT2D eigenvalue weighted by Crippen LogP contribution is -2.19. The Kier molecular flexibility index (Phi) is 4.10. The SMILES string of the molecule is Cc1ccn2nc(C(C)Nc3ncnc(N)c3C#N)nc(N(C)C)c12. The molecule has 9 nitrogen and oxygen atoms in total. The fourth-order valence-electron chi connectivity index (χ4n) is 2.56. The summed E-state index contributed by atoms with van der Waals surface area (Å²) in [6.07, 6.45) is 3.22. The molecule has 9 heteroatoms. The minimum atomic E-state index is -0.285. The number of anilines is 3. The highest BCUT2D eigenvalue weighted by atomic mass is 15.3. The van der Waals surface area contributed by atoms with Gasteiger partial charge in [-0.2, -0.15) is 10.4 Å². The van der Waals surface area contributed by atoms with E-state index < -0.39 is 0 Å². The summed E-state index contributed by atoms with van der Waals surface area (Å²) in [5.41, 5.74) is 8.01. The number of nitriles is 1. The monoisotopic (exact) mass is 337 g/mol. The van der Waals surface area contributed by atoms with Crippen molar-refractivity contribution in [3.05, 3.63) is 35.5 Å². The molecular weight excluding hydrogens is 318 g/mol. The molecule has 0 aromatic carbocycles. The lowest BCUT2D eigenvalue weighted by molar-refractivity contribution is 0.723. The highest BCUT2D eigenvalue weighted by Gasteiger charge is 2.18. The maximum absolute atomic E-state index is 9.25. The first-order chi connectivity index (χ1) is 11.9. The quantitative estimate of drug-likeness (QED) is 0.735. The van der Waals surface area contributed by atoms with Gasteiger partial charge in [-0.15, -0.1) is 0 Å². The Balaban J connectivity index is 2.02. The van der Waals surface area contributed by atoms with Crippen LogP contribution in [0.5, 0.6) is 0 Å². The molecule has 3 N–H and O–H groups in total. The number of nitrogen functional groups attached to an aromatic ring is 1. The van der Waals surface area contributed by atoms with E-state index in [2.05, 4.69) is 25.4 Å². The van der Waals surface area contributed by atoms with Gasteiger partial charge in [-0.05, 0) is 25.5 Å². The van der Waals surface area contributed by atoms with Crippen LogP contribution >= 0.6 is 0 Å². The van der Waals surface area contributed by atoms with Crippen molar-refractivity contribution in [3.8, 4) is 6.07 Å². The number of nitrogens with zero attached hydrogens (tertiary/aromatic N) is 7. The third-order valence-electron chi connectivity index (χ3n) is 3.86. The third-order valence-corrected chi connectivity index (χ3v) is 3.86. The van der Waals surface area contributed by atoms with Crippen molar-refractivity contribution in [2.24, 2.45) is 0 Å². The van der Waals surface area contributed by atoms with Crippen molar-refractivity contribution in [1.29, 1.82) is 5.26 Å². The number of nitrogens with two attached hydrogens (primary N) is 1. The van der Waals surface area contributed by atoms with E-state index in [-0.39, 0.29) is 17.4 Å². The normalized spacial score (nSPS) is 12.0. The Morgan fingerprint density at radius 3 is 2.80 bits per heavy atom. The van der Waals surface area contributed by atoms with Crippen LogP contribution < -0.4 is 16.0 Å². The number of rotatable bonds is 4. The van der Waals surface area contributed by atoms with Crippen LogP contribution in [-0.4, -0.2) is 38.7 Å². The van der Waals surface area contributed by atoms with Gasteiger partial charge in [0.25, 0.3) is 0 Å². The van der Waals surface area contributed by atoms with Gasteiger partial charge in [-0.1, -0.05) is 0 Å². The van der Waals surface area contributed by atoms with E-state index in [0.717, 1.165) is 16.9 Å². The molecule has 0 aliphatic rings. The molecule has 3 rings (SSSR count). The van der Waals surface area contributed by atoms with Gasteiger partial charge in [0.15, 0.2) is 11.6 Å². The first-order valence-electron chi connectivity index (χ1n) is 7.72. The van der Waals surface area contributed by atoms with Gasteiger partial charge in [0.1, 0.15) is 35.1 Å². The zero-order valence-corrected chi connectivity index (χ0v) is 14.5. The molecule has 3 heterocycles. The van der Waals surface area contributed by atoms with Crippen molar-refractivity contribution in [2.45, 2.75) is 19.9 Å². The molecule has 1 unspecified atom stereocenters. The molecule has 3 aromatic rings. The minimum absolute atomic E-state index is 0.138. The van der Waals surface area contributed by atoms with Crippen LogP contribution in [-0.2, 0) is 0 Å². The predicted octanol–water partition coefficient (Wildman–Crippen LogP) is 1.52. The fourth-order valence-corrected chi connectivity index (χ4v) is 2.56. The van der Waals surface area contributed by atoms with Crippen LogP contribution in [0.15, 0.2) is 18.6 Å². The van der Waals surface area contributed by atoms with Crippen molar-refractivity contribution in [2.75, 3.05) is 30.0 Å². The number of aromatic nitrogens is 5. The van der Waals surface area contributed by atoms with Crippen LogP contribution in [0.2, 0.25) is 0 Å². The Morgan fingerprint density at radius 1 is 1.36 bits per heavy atom. The van der Waals surface area contributed by atoms with E-state index in [1.54, 1.807) is 0 Å². The van der Waals surface area contributed by atoms with Crippen molar-refractivity contribution in [1.82, 2.24) is 24.6 Å². The molecule has 128 valence electrons. The van der Waals surface area contributed by atoms with Gasteiger partial charge in [0, 0.05) is 20.3 Å². The standard InChI is InChI=1S/C16H19N9/c1-9-5-6-25-12(9)16(24(3)4)22-14(23-25)10(2)21-15-11(7-17)13(18)19-8-20-15/h5-6,8,10H,1-4H3,(H3,18,19,20,21). The Hall–Kier alpha value is -3.41. The van der Waals surface area contributed by atoms with Gasteiger partial charge in [0.05, 0.1) is 6.04 Å².